The van der Waals surface area contributed by atoms with Crippen LogP contribution in [0.4, 0.5) is 14.5 Å². The number of unbranched alkanes of at least 4 members (excludes halogenated alkanes) is 2. The molecule has 3 N–H and O–H groups in total. The van der Waals surface area contributed by atoms with Crippen molar-refractivity contribution in [3.8, 4) is 0 Å². The van der Waals surface area contributed by atoms with Gasteiger partial charge in [-0.2, -0.15) is 0 Å². The first-order chi connectivity index (χ1) is 9.78. The van der Waals surface area contributed by atoms with Crippen LogP contribution in [0.2, 0.25) is 0 Å². The van der Waals surface area contributed by atoms with E-state index < -0.39 is 11.6 Å². The van der Waals surface area contributed by atoms with Gasteiger partial charge < -0.3 is 11.1 Å². The third kappa shape index (κ3) is 5.23. The molecule has 1 aromatic carbocycles. The molecule has 0 unspecified atom stereocenters. The summed E-state index contributed by atoms with van der Waals surface area (Å²) >= 11 is 4.69. The predicted octanol–water partition coefficient (Wildman–Crippen LogP) is 4.62. The third-order valence-electron chi connectivity index (χ3n) is 3.56. The molecule has 0 saturated carbocycles. The molecule has 0 spiro atoms. The van der Waals surface area contributed by atoms with Crippen LogP contribution in [0.3, 0.4) is 0 Å². The quantitative estimate of drug-likeness (QED) is 0.543. The number of thiocarbonyl (C=S) groups is 1. The van der Waals surface area contributed by atoms with Crippen LogP contribution in [0.5, 0.6) is 0 Å². The van der Waals surface area contributed by atoms with Gasteiger partial charge in [-0.15, -0.1) is 0 Å². The highest BCUT2D eigenvalue weighted by molar-refractivity contribution is 7.80. The lowest BCUT2D eigenvalue weighted by atomic mass is 9.87. The summed E-state index contributed by atoms with van der Waals surface area (Å²) in [5.41, 5.74) is 5.47. The number of hydrogen-bond acceptors (Lipinski definition) is 2. The molecule has 0 aliphatic heterocycles. The summed E-state index contributed by atoms with van der Waals surface area (Å²) in [5, 5.41) is 2.99. The first kappa shape index (κ1) is 17.8. The van der Waals surface area contributed by atoms with Crippen molar-refractivity contribution >= 4 is 22.9 Å². The van der Waals surface area contributed by atoms with E-state index in [0.717, 1.165) is 12.8 Å². The van der Waals surface area contributed by atoms with Crippen molar-refractivity contribution in [2.75, 3.05) is 11.9 Å². The molecule has 2 nitrogen and oxygen atoms in total. The number of hydrogen-bond donors (Lipinski definition) is 2. The minimum Gasteiger partial charge on any atom is -0.389 e. The Labute approximate surface area is 131 Å². The Hall–Kier alpha value is -1.23. The van der Waals surface area contributed by atoms with Crippen LogP contribution in [0, 0.1) is 17.0 Å². The van der Waals surface area contributed by atoms with Gasteiger partial charge in [0, 0.05) is 12.1 Å². The molecule has 5 heteroatoms. The SMILES string of the molecule is CCCCCC(C)(C)CNc1ccc(C(N)=S)c(F)c1F. The second kappa shape index (κ2) is 7.69. The van der Waals surface area contributed by atoms with Gasteiger partial charge in [0.15, 0.2) is 11.6 Å². The largest absolute Gasteiger partial charge is 0.389 e. The van der Waals surface area contributed by atoms with Crippen LogP contribution in [-0.2, 0) is 0 Å². The predicted molar refractivity (Wildman–Crippen MR) is 88.7 cm³/mol. The Kier molecular flexibility index (Phi) is 6.52. The van der Waals surface area contributed by atoms with E-state index in [2.05, 4.69) is 38.3 Å². The summed E-state index contributed by atoms with van der Waals surface area (Å²) in [5.74, 6) is -1.92. The van der Waals surface area contributed by atoms with Crippen molar-refractivity contribution in [1.82, 2.24) is 0 Å². The maximum atomic E-state index is 14.0. The minimum atomic E-state index is -0.990. The van der Waals surface area contributed by atoms with Crippen molar-refractivity contribution in [3.63, 3.8) is 0 Å². The summed E-state index contributed by atoms with van der Waals surface area (Å²) in [6.45, 7) is 6.98. The number of rotatable bonds is 8. The summed E-state index contributed by atoms with van der Waals surface area (Å²) in [6, 6.07) is 2.89. The molecule has 21 heavy (non-hydrogen) atoms. The van der Waals surface area contributed by atoms with Gasteiger partial charge >= 0.3 is 0 Å². The minimum absolute atomic E-state index is 0.0277. The molecule has 118 valence electrons. The van der Waals surface area contributed by atoms with Gasteiger partial charge in [0.25, 0.3) is 0 Å². The number of nitrogens with one attached hydrogen (secondary N) is 1. The van der Waals surface area contributed by atoms with Crippen LogP contribution < -0.4 is 11.1 Å². The van der Waals surface area contributed by atoms with Gasteiger partial charge in [-0.25, -0.2) is 8.78 Å². The number of benzene rings is 1. The summed E-state index contributed by atoms with van der Waals surface area (Å²) in [7, 11) is 0. The second-order valence-electron chi connectivity index (χ2n) is 6.13. The Bertz CT molecular complexity index is 501. The Morgan fingerprint density at radius 1 is 1.24 bits per heavy atom. The normalized spacial score (nSPS) is 11.5. The fraction of sp³-hybridized carbons (Fsp3) is 0.562. The maximum absolute atomic E-state index is 14.0. The van der Waals surface area contributed by atoms with Gasteiger partial charge in [0.05, 0.1) is 5.69 Å². The standard InChI is InChI=1S/C16H24F2N2S/c1-4-5-6-9-16(2,3)10-20-12-8-7-11(15(19)21)13(17)14(12)18/h7-8,20H,4-6,9-10H2,1-3H3,(H2,19,21). The van der Waals surface area contributed by atoms with Gasteiger partial charge in [-0.3, -0.25) is 0 Å². The highest BCUT2D eigenvalue weighted by Gasteiger charge is 2.20. The average molecular weight is 314 g/mol. The monoisotopic (exact) mass is 314 g/mol. The summed E-state index contributed by atoms with van der Waals surface area (Å²) in [4.78, 5) is -0.141. The topological polar surface area (TPSA) is 38.0 Å². The Morgan fingerprint density at radius 3 is 2.48 bits per heavy atom. The van der Waals surface area contributed by atoms with E-state index in [1.807, 2.05) is 0 Å². The zero-order valence-corrected chi connectivity index (χ0v) is 13.7. The highest BCUT2D eigenvalue weighted by atomic mass is 32.1. The fourth-order valence-corrected chi connectivity index (χ4v) is 2.31. The molecule has 0 saturated heterocycles. The second-order valence-corrected chi connectivity index (χ2v) is 6.57. The Morgan fingerprint density at radius 2 is 1.90 bits per heavy atom. The molecule has 0 aliphatic carbocycles. The van der Waals surface area contributed by atoms with E-state index in [4.69, 9.17) is 5.73 Å². The van der Waals surface area contributed by atoms with E-state index in [9.17, 15) is 8.78 Å². The number of anilines is 1. The lowest BCUT2D eigenvalue weighted by Gasteiger charge is -2.25. The smallest absolute Gasteiger partial charge is 0.182 e. The van der Waals surface area contributed by atoms with Crippen LogP contribution in [0.15, 0.2) is 12.1 Å². The van der Waals surface area contributed by atoms with Crippen molar-refractivity contribution in [2.24, 2.45) is 11.1 Å². The van der Waals surface area contributed by atoms with E-state index in [1.54, 1.807) is 0 Å². The maximum Gasteiger partial charge on any atom is 0.182 e. The lowest BCUT2D eigenvalue weighted by Crippen LogP contribution is -2.24. The highest BCUT2D eigenvalue weighted by Crippen LogP contribution is 2.26. The van der Waals surface area contributed by atoms with Crippen LogP contribution in [0.1, 0.15) is 52.0 Å². The van der Waals surface area contributed by atoms with Crippen molar-refractivity contribution in [3.05, 3.63) is 29.3 Å². The molecule has 0 amide bonds. The Balaban J connectivity index is 2.71. The molecular formula is C16H24F2N2S. The molecular weight excluding hydrogens is 290 g/mol. The average Bonchev–Trinajstić information content (AvgIpc) is 2.40. The van der Waals surface area contributed by atoms with Gasteiger partial charge in [-0.05, 0) is 24.0 Å². The van der Waals surface area contributed by atoms with Crippen LogP contribution in [-0.4, -0.2) is 11.5 Å². The van der Waals surface area contributed by atoms with Gasteiger partial charge in [-0.1, -0.05) is 52.3 Å². The number of nitrogens with two attached hydrogens (primary N) is 1. The summed E-state index contributed by atoms with van der Waals surface area (Å²) in [6.07, 6.45) is 4.55. The lowest BCUT2D eigenvalue weighted by molar-refractivity contribution is 0.342. The van der Waals surface area contributed by atoms with Gasteiger partial charge in [0.2, 0.25) is 0 Å². The van der Waals surface area contributed by atoms with E-state index in [-0.39, 0.29) is 21.7 Å². The molecule has 0 fully saturated rings. The molecule has 0 radical (unpaired) electrons. The van der Waals surface area contributed by atoms with Crippen LogP contribution >= 0.6 is 12.2 Å². The molecule has 0 atom stereocenters. The third-order valence-corrected chi connectivity index (χ3v) is 3.78. The number of halogens is 2. The van der Waals surface area contributed by atoms with Crippen molar-refractivity contribution in [2.45, 2.75) is 46.5 Å². The van der Waals surface area contributed by atoms with Crippen LogP contribution in [0.25, 0.3) is 0 Å². The molecule has 1 rings (SSSR count). The van der Waals surface area contributed by atoms with Crippen molar-refractivity contribution in [1.29, 1.82) is 0 Å². The first-order valence-electron chi connectivity index (χ1n) is 7.30. The summed E-state index contributed by atoms with van der Waals surface area (Å²) < 4.78 is 27.8. The molecule has 0 bridgehead atoms. The van der Waals surface area contributed by atoms with E-state index in [0.29, 0.717) is 6.54 Å². The molecule has 1 aromatic rings. The van der Waals surface area contributed by atoms with E-state index in [1.165, 1.54) is 25.0 Å². The van der Waals surface area contributed by atoms with Crippen molar-refractivity contribution < 1.29 is 8.78 Å². The van der Waals surface area contributed by atoms with Gasteiger partial charge in [0.1, 0.15) is 4.99 Å². The molecule has 0 aliphatic rings. The van der Waals surface area contributed by atoms with E-state index >= 15 is 0 Å². The fourth-order valence-electron chi connectivity index (χ4n) is 2.15. The zero-order chi connectivity index (χ0) is 16.0. The molecule has 0 aromatic heterocycles. The zero-order valence-electron chi connectivity index (χ0n) is 12.9. The molecule has 0 heterocycles. The first-order valence-corrected chi connectivity index (χ1v) is 7.71.